The van der Waals surface area contributed by atoms with Crippen LogP contribution < -0.4 is 5.32 Å². The van der Waals surface area contributed by atoms with Gasteiger partial charge in [0.25, 0.3) is 0 Å². The molecule has 0 fully saturated rings. The van der Waals surface area contributed by atoms with Gasteiger partial charge in [0.15, 0.2) is 0 Å². The van der Waals surface area contributed by atoms with Crippen molar-refractivity contribution in [1.29, 1.82) is 0 Å². The van der Waals surface area contributed by atoms with Crippen LogP contribution in [0.3, 0.4) is 0 Å². The lowest BCUT2D eigenvalue weighted by atomic mass is 9.96. The number of carbonyl (C=O) groups excluding carboxylic acids is 1. The monoisotopic (exact) mass is 321 g/mol. The van der Waals surface area contributed by atoms with Gasteiger partial charge in [0, 0.05) is 5.10 Å². The van der Waals surface area contributed by atoms with Gasteiger partial charge < -0.3 is 15.4 Å². The number of halogens is 1. The van der Waals surface area contributed by atoms with Gasteiger partial charge in [0.1, 0.15) is 12.4 Å². The third-order valence-electron chi connectivity index (χ3n) is 3.21. The topological polar surface area (TPSA) is 103 Å². The predicted octanol–water partition coefficient (Wildman–Crippen LogP) is 1.84. The summed E-state index contributed by atoms with van der Waals surface area (Å²) in [5.41, 5.74) is 0.777. The second kappa shape index (κ2) is 6.95. The highest BCUT2D eigenvalue weighted by atomic mass is 19.1. The Kier molecular flexibility index (Phi) is 4.99. The molecule has 2 rings (SSSR count). The maximum Gasteiger partial charge on any atom is 0.490 e. The zero-order valence-electron chi connectivity index (χ0n) is 12.6. The molecule has 1 atom stereocenters. The van der Waals surface area contributed by atoms with Crippen molar-refractivity contribution in [3.8, 4) is 0 Å². The second-order valence-electron chi connectivity index (χ2n) is 5.34. The van der Waals surface area contributed by atoms with Crippen molar-refractivity contribution in [2.45, 2.75) is 26.4 Å². The SMILES string of the molecule is CC(C)C(NC(=O)Cn1cnc([N+](=O)[O-])n1)c1ccc(F)cc1. The molecular weight excluding hydrogens is 305 g/mol. The lowest BCUT2D eigenvalue weighted by Gasteiger charge is -2.22. The van der Waals surface area contributed by atoms with E-state index < -0.39 is 10.9 Å². The maximum atomic E-state index is 13.0. The van der Waals surface area contributed by atoms with Crippen LogP contribution in [0.4, 0.5) is 10.3 Å². The average Bonchev–Trinajstić information content (AvgIpc) is 2.94. The van der Waals surface area contributed by atoms with Crippen molar-refractivity contribution in [1.82, 2.24) is 20.1 Å². The number of benzene rings is 1. The lowest BCUT2D eigenvalue weighted by Crippen LogP contribution is -2.34. The molecule has 0 spiro atoms. The van der Waals surface area contributed by atoms with Crippen LogP contribution in [0, 0.1) is 21.8 Å². The first-order chi connectivity index (χ1) is 10.9. The summed E-state index contributed by atoms with van der Waals surface area (Å²) in [5.74, 6) is -1.20. The van der Waals surface area contributed by atoms with E-state index >= 15 is 0 Å². The normalized spacial score (nSPS) is 12.2. The zero-order chi connectivity index (χ0) is 17.0. The van der Waals surface area contributed by atoms with Crippen molar-refractivity contribution >= 4 is 11.9 Å². The second-order valence-corrected chi connectivity index (χ2v) is 5.34. The molecule has 8 nitrogen and oxygen atoms in total. The summed E-state index contributed by atoms with van der Waals surface area (Å²) in [5, 5.41) is 16.9. The lowest BCUT2D eigenvalue weighted by molar-refractivity contribution is -0.394. The Labute approximate surface area is 131 Å². The Morgan fingerprint density at radius 3 is 2.57 bits per heavy atom. The number of nitro groups is 1. The molecule has 0 bridgehead atoms. The molecule has 1 amide bonds. The third-order valence-corrected chi connectivity index (χ3v) is 3.21. The van der Waals surface area contributed by atoms with Crippen molar-refractivity contribution in [3.63, 3.8) is 0 Å². The molecule has 0 saturated carbocycles. The maximum absolute atomic E-state index is 13.0. The van der Waals surface area contributed by atoms with Gasteiger partial charge in [-0.3, -0.25) is 4.79 Å². The van der Waals surface area contributed by atoms with Crippen molar-refractivity contribution < 1.29 is 14.1 Å². The third kappa shape index (κ3) is 4.31. The molecular formula is C14H16FN5O3. The predicted molar refractivity (Wildman–Crippen MR) is 78.8 cm³/mol. The van der Waals surface area contributed by atoms with E-state index in [2.05, 4.69) is 15.4 Å². The highest BCUT2D eigenvalue weighted by molar-refractivity contribution is 5.76. The molecule has 1 aromatic heterocycles. The summed E-state index contributed by atoms with van der Waals surface area (Å²) in [6.45, 7) is 3.66. The average molecular weight is 321 g/mol. The Morgan fingerprint density at radius 2 is 2.04 bits per heavy atom. The number of aromatic nitrogens is 3. The Morgan fingerprint density at radius 1 is 1.39 bits per heavy atom. The van der Waals surface area contributed by atoms with Gasteiger partial charge in [-0.05, 0) is 28.5 Å². The van der Waals surface area contributed by atoms with E-state index in [1.54, 1.807) is 12.1 Å². The van der Waals surface area contributed by atoms with Crippen LogP contribution in [0.1, 0.15) is 25.5 Å². The summed E-state index contributed by atoms with van der Waals surface area (Å²) in [6.07, 6.45) is 1.12. The van der Waals surface area contributed by atoms with Gasteiger partial charge in [-0.2, -0.15) is 4.68 Å². The Hall–Kier alpha value is -2.84. The van der Waals surface area contributed by atoms with E-state index in [1.807, 2.05) is 13.8 Å². The fraction of sp³-hybridized carbons (Fsp3) is 0.357. The van der Waals surface area contributed by atoms with Crippen LogP contribution in [0.25, 0.3) is 0 Å². The number of nitrogens with zero attached hydrogens (tertiary/aromatic N) is 4. The van der Waals surface area contributed by atoms with Crippen molar-refractivity contribution in [2.24, 2.45) is 5.92 Å². The molecule has 1 unspecified atom stereocenters. The van der Waals surface area contributed by atoms with E-state index in [0.29, 0.717) is 0 Å². The van der Waals surface area contributed by atoms with Crippen LogP contribution in [0.5, 0.6) is 0 Å². The molecule has 23 heavy (non-hydrogen) atoms. The first-order valence-corrected chi connectivity index (χ1v) is 6.95. The summed E-state index contributed by atoms with van der Waals surface area (Å²) >= 11 is 0. The zero-order valence-corrected chi connectivity index (χ0v) is 12.6. The molecule has 0 aliphatic carbocycles. The van der Waals surface area contributed by atoms with E-state index in [1.165, 1.54) is 12.1 Å². The number of amides is 1. The van der Waals surface area contributed by atoms with E-state index in [-0.39, 0.29) is 30.2 Å². The van der Waals surface area contributed by atoms with Gasteiger partial charge in [-0.25, -0.2) is 4.39 Å². The van der Waals surface area contributed by atoms with Crippen molar-refractivity contribution in [3.05, 3.63) is 52.1 Å². The van der Waals surface area contributed by atoms with E-state index in [4.69, 9.17) is 0 Å². The van der Waals surface area contributed by atoms with Gasteiger partial charge in [-0.15, -0.1) is 0 Å². The minimum absolute atomic E-state index is 0.0782. The minimum atomic E-state index is -0.732. The Bertz CT molecular complexity index is 699. The van der Waals surface area contributed by atoms with Gasteiger partial charge in [-0.1, -0.05) is 31.0 Å². The number of carbonyl (C=O) groups is 1. The van der Waals surface area contributed by atoms with Crippen LogP contribution in [-0.2, 0) is 11.3 Å². The van der Waals surface area contributed by atoms with Gasteiger partial charge >= 0.3 is 5.95 Å². The molecule has 0 radical (unpaired) electrons. The molecule has 122 valence electrons. The molecule has 0 aliphatic heterocycles. The number of rotatable bonds is 6. The number of hydrogen-bond donors (Lipinski definition) is 1. The highest BCUT2D eigenvalue weighted by Gasteiger charge is 2.20. The fourth-order valence-corrected chi connectivity index (χ4v) is 2.12. The van der Waals surface area contributed by atoms with Gasteiger partial charge in [0.2, 0.25) is 12.2 Å². The first-order valence-electron chi connectivity index (χ1n) is 6.95. The van der Waals surface area contributed by atoms with Gasteiger partial charge in [0.05, 0.1) is 6.04 Å². The first kappa shape index (κ1) is 16.5. The van der Waals surface area contributed by atoms with Crippen LogP contribution in [0.15, 0.2) is 30.6 Å². The smallest absolute Gasteiger partial charge is 0.390 e. The Balaban J connectivity index is 2.05. The summed E-state index contributed by atoms with van der Waals surface area (Å²) in [7, 11) is 0. The standard InChI is InChI=1S/C14H16FN5O3/c1-9(2)13(10-3-5-11(15)6-4-10)17-12(21)7-19-8-16-14(18-19)20(22)23/h3-6,8-9,13H,7H2,1-2H3,(H,17,21). The molecule has 1 heterocycles. The van der Waals surface area contributed by atoms with Crippen molar-refractivity contribution in [2.75, 3.05) is 0 Å². The molecule has 9 heteroatoms. The minimum Gasteiger partial charge on any atom is -0.390 e. The molecule has 1 N–H and O–H groups in total. The van der Waals surface area contributed by atoms with E-state index in [0.717, 1.165) is 16.6 Å². The van der Waals surface area contributed by atoms with E-state index in [9.17, 15) is 19.3 Å². The van der Waals surface area contributed by atoms with Crippen LogP contribution in [-0.4, -0.2) is 25.6 Å². The largest absolute Gasteiger partial charge is 0.490 e. The number of hydrogen-bond acceptors (Lipinski definition) is 5. The summed E-state index contributed by atoms with van der Waals surface area (Å²) < 4.78 is 14.1. The summed E-state index contributed by atoms with van der Waals surface area (Å²) in [6, 6.07) is 5.58. The molecule has 0 saturated heterocycles. The molecule has 2 aromatic rings. The quantitative estimate of drug-likeness (QED) is 0.646. The fourth-order valence-electron chi connectivity index (χ4n) is 2.12. The highest BCUT2D eigenvalue weighted by Crippen LogP contribution is 2.21. The summed E-state index contributed by atoms with van der Waals surface area (Å²) in [4.78, 5) is 25.4. The molecule has 1 aromatic carbocycles. The van der Waals surface area contributed by atoms with Crippen LogP contribution in [0.2, 0.25) is 0 Å². The number of nitrogens with one attached hydrogen (secondary N) is 1. The van der Waals surface area contributed by atoms with Crippen LogP contribution >= 0.6 is 0 Å². The molecule has 0 aliphatic rings.